The molecular formula is CH3Cl3NO3PS. The van der Waals surface area contributed by atoms with Crippen LogP contribution in [0.4, 0.5) is 0 Å². The van der Waals surface area contributed by atoms with Gasteiger partial charge in [0, 0.05) is 17.7 Å². The Kier molecular flexibility index (Phi) is 3.49. The monoisotopic (exact) mass is 245 g/mol. The van der Waals surface area contributed by atoms with E-state index in [0.717, 1.165) is 7.05 Å². The van der Waals surface area contributed by atoms with Crippen LogP contribution >= 0.6 is 39.2 Å². The Bertz CT molecular complexity index is 255. The van der Waals surface area contributed by atoms with Gasteiger partial charge >= 0.3 is 15.2 Å². The third kappa shape index (κ3) is 3.42. The predicted octanol–water partition coefficient (Wildman–Crippen LogP) is 1.99. The van der Waals surface area contributed by atoms with E-state index < -0.39 is 15.2 Å². The highest BCUT2D eigenvalue weighted by molar-refractivity contribution is 8.21. The standard InChI is InChI=1S/CH3Cl3NO3PS/c1-5(9(2,3)6)10(4,7)8/h1H3. The van der Waals surface area contributed by atoms with Gasteiger partial charge in [0.05, 0.1) is 0 Å². The summed E-state index contributed by atoms with van der Waals surface area (Å²) in [5.41, 5.74) is 0. The lowest BCUT2D eigenvalue weighted by molar-refractivity contribution is 0.548. The van der Waals surface area contributed by atoms with Gasteiger partial charge in [0.2, 0.25) is 0 Å². The fourth-order valence-electron chi connectivity index (χ4n) is 0.114. The maximum absolute atomic E-state index is 10.6. The van der Waals surface area contributed by atoms with Crippen LogP contribution in [0.1, 0.15) is 0 Å². The molecule has 62 valence electrons. The minimum Gasteiger partial charge on any atom is -0.270 e. The molecule has 0 saturated heterocycles. The first kappa shape index (κ1) is 11.0. The van der Waals surface area contributed by atoms with E-state index in [9.17, 15) is 13.0 Å². The van der Waals surface area contributed by atoms with Gasteiger partial charge in [-0.25, -0.2) is 0 Å². The molecule has 0 N–H and O–H groups in total. The van der Waals surface area contributed by atoms with Gasteiger partial charge in [-0.2, -0.15) is 8.42 Å². The molecule has 0 aliphatic carbocycles. The third-order valence-electron chi connectivity index (χ3n) is 0.643. The molecule has 0 aliphatic rings. The van der Waals surface area contributed by atoms with Crippen LogP contribution in [-0.4, -0.2) is 19.5 Å². The topological polar surface area (TPSA) is 54.5 Å². The van der Waals surface area contributed by atoms with Gasteiger partial charge < -0.3 is 0 Å². The maximum atomic E-state index is 10.6. The van der Waals surface area contributed by atoms with Crippen molar-refractivity contribution in [3.05, 3.63) is 0 Å². The molecule has 0 aromatic heterocycles. The summed E-state index contributed by atoms with van der Waals surface area (Å²) in [6.45, 7) is 0. The summed E-state index contributed by atoms with van der Waals surface area (Å²) in [6, 6.07) is 0. The number of halogens is 3. The second kappa shape index (κ2) is 3.17. The van der Waals surface area contributed by atoms with Gasteiger partial charge in [0.1, 0.15) is 0 Å². The Morgan fingerprint density at radius 3 is 1.70 bits per heavy atom. The van der Waals surface area contributed by atoms with E-state index >= 15 is 0 Å². The molecule has 4 nitrogen and oxygen atoms in total. The molecule has 0 aliphatic heterocycles. The normalized spacial score (nSPS) is 14.1. The second-order valence-corrected chi connectivity index (χ2v) is 8.86. The van der Waals surface area contributed by atoms with Crippen molar-refractivity contribution in [3.8, 4) is 0 Å². The Hall–Kier alpha value is 1.01. The fourth-order valence-corrected chi connectivity index (χ4v) is 3.84. The molecule has 0 radical (unpaired) electrons. The molecule has 0 spiro atoms. The largest absolute Gasteiger partial charge is 0.335 e. The Labute approximate surface area is 72.6 Å². The first-order chi connectivity index (χ1) is 4.15. The zero-order valence-electron chi connectivity index (χ0n) is 4.66. The molecule has 0 rings (SSSR count). The smallest absolute Gasteiger partial charge is 0.270 e. The van der Waals surface area contributed by atoms with Crippen LogP contribution in [0, 0.1) is 0 Å². The highest BCUT2D eigenvalue weighted by Crippen LogP contribution is 2.60. The number of hydrogen-bond donors (Lipinski definition) is 0. The number of nitrogens with zero attached hydrogens (tertiary/aromatic N) is 1. The van der Waals surface area contributed by atoms with E-state index in [1.54, 1.807) is 0 Å². The van der Waals surface area contributed by atoms with Crippen LogP contribution < -0.4 is 0 Å². The zero-order valence-corrected chi connectivity index (χ0v) is 8.64. The van der Waals surface area contributed by atoms with Crippen molar-refractivity contribution in [2.45, 2.75) is 0 Å². The second-order valence-electron chi connectivity index (χ2n) is 1.31. The molecule has 0 bridgehead atoms. The van der Waals surface area contributed by atoms with Crippen molar-refractivity contribution >= 4 is 48.4 Å². The number of rotatable bonds is 2. The van der Waals surface area contributed by atoms with E-state index in [0.29, 0.717) is 0 Å². The predicted molar refractivity (Wildman–Crippen MR) is 41.8 cm³/mol. The van der Waals surface area contributed by atoms with E-state index in [4.69, 9.17) is 33.2 Å². The first-order valence-electron chi connectivity index (χ1n) is 1.84. The van der Waals surface area contributed by atoms with Gasteiger partial charge in [-0.1, -0.05) is 0 Å². The summed E-state index contributed by atoms with van der Waals surface area (Å²) in [7, 11) is 1.56. The average molecular weight is 246 g/mol. The average Bonchev–Trinajstić information content (AvgIpc) is 1.59. The lowest BCUT2D eigenvalue weighted by atomic mass is 11.6. The highest BCUT2D eigenvalue weighted by atomic mass is 35.9. The minimum atomic E-state index is -4.08. The minimum absolute atomic E-state index is 0.199. The lowest BCUT2D eigenvalue weighted by Gasteiger charge is -2.11. The van der Waals surface area contributed by atoms with E-state index in [2.05, 4.69) is 0 Å². The molecule has 0 heterocycles. The summed E-state index contributed by atoms with van der Waals surface area (Å²) in [5, 5.41) is 0. The fraction of sp³-hybridized carbons (Fsp3) is 1.00. The summed E-state index contributed by atoms with van der Waals surface area (Å²) in [4.78, 5) is 0. The van der Waals surface area contributed by atoms with Crippen LogP contribution in [0.5, 0.6) is 0 Å². The molecule has 0 saturated carbocycles. The Morgan fingerprint density at radius 2 is 1.70 bits per heavy atom. The van der Waals surface area contributed by atoms with Crippen LogP contribution in [0.2, 0.25) is 0 Å². The molecule has 0 fully saturated rings. The zero-order chi connectivity index (χ0) is 8.58. The van der Waals surface area contributed by atoms with Gasteiger partial charge in [-0.3, -0.25) is 4.57 Å². The van der Waals surface area contributed by atoms with Crippen LogP contribution in [-0.2, 0) is 13.8 Å². The highest BCUT2D eigenvalue weighted by Gasteiger charge is 2.30. The summed E-state index contributed by atoms with van der Waals surface area (Å²) in [6.07, 6.45) is 0. The van der Waals surface area contributed by atoms with E-state index in [-0.39, 0.29) is 4.08 Å². The quantitative estimate of drug-likeness (QED) is 0.553. The first-order valence-corrected chi connectivity index (χ1v) is 7.57. The molecule has 0 aromatic carbocycles. The van der Waals surface area contributed by atoms with Crippen molar-refractivity contribution in [2.24, 2.45) is 0 Å². The van der Waals surface area contributed by atoms with Crippen LogP contribution in [0.3, 0.4) is 0 Å². The summed E-state index contributed by atoms with van der Waals surface area (Å²) >= 11 is 9.90. The van der Waals surface area contributed by atoms with Gasteiger partial charge in [0.15, 0.2) is 0 Å². The van der Waals surface area contributed by atoms with Crippen molar-refractivity contribution in [1.29, 1.82) is 0 Å². The molecule has 0 unspecified atom stereocenters. The molecule has 10 heavy (non-hydrogen) atoms. The van der Waals surface area contributed by atoms with E-state index in [1.807, 2.05) is 0 Å². The molecule has 0 aromatic rings. The molecule has 9 heteroatoms. The maximum Gasteiger partial charge on any atom is 0.335 e. The summed E-state index contributed by atoms with van der Waals surface area (Å²) < 4.78 is 31.4. The van der Waals surface area contributed by atoms with Crippen molar-refractivity contribution in [1.82, 2.24) is 4.08 Å². The van der Waals surface area contributed by atoms with E-state index in [1.165, 1.54) is 0 Å². The third-order valence-corrected chi connectivity index (χ3v) is 6.07. The SMILES string of the molecule is CN(P(=O)(Cl)Cl)S(=O)(=O)Cl. The van der Waals surface area contributed by atoms with Gasteiger partial charge in [-0.05, 0) is 22.5 Å². The molecule has 0 atom stereocenters. The lowest BCUT2D eigenvalue weighted by Crippen LogP contribution is -2.14. The number of hydrogen-bond acceptors (Lipinski definition) is 3. The Morgan fingerprint density at radius 1 is 1.40 bits per heavy atom. The Balaban J connectivity index is 4.74. The van der Waals surface area contributed by atoms with Gasteiger partial charge in [-0.15, -0.1) is 4.08 Å². The molecular weight excluding hydrogens is 243 g/mol. The van der Waals surface area contributed by atoms with Crippen LogP contribution in [0.25, 0.3) is 0 Å². The van der Waals surface area contributed by atoms with Crippen LogP contribution in [0.15, 0.2) is 0 Å². The summed E-state index contributed by atoms with van der Waals surface area (Å²) in [5.74, 6) is -3.82. The van der Waals surface area contributed by atoms with Crippen molar-refractivity contribution < 1.29 is 13.0 Å². The van der Waals surface area contributed by atoms with Crippen molar-refractivity contribution in [2.75, 3.05) is 7.05 Å². The molecule has 0 amide bonds. The van der Waals surface area contributed by atoms with Gasteiger partial charge in [0.25, 0.3) is 0 Å². The van der Waals surface area contributed by atoms with Crippen molar-refractivity contribution in [3.63, 3.8) is 0 Å².